The largest absolute Gasteiger partial charge is 0.299 e. The first-order valence-electron chi connectivity index (χ1n) is 4.67. The zero-order valence-electron chi connectivity index (χ0n) is 8.31. The first kappa shape index (κ1) is 7.08. The summed E-state index contributed by atoms with van der Waals surface area (Å²) in [4.78, 5) is 11.5. The molecule has 0 bridgehead atoms. The molecule has 0 aliphatic heterocycles. The number of rotatable bonds is 1. The molecular weight excluding hydrogens is 136 g/mol. The molecule has 1 atom stereocenters. The minimum Gasteiger partial charge on any atom is -0.299 e. The molecule has 1 aliphatic carbocycles. The Bertz CT molecular complexity index is 220. The van der Waals surface area contributed by atoms with Gasteiger partial charge in [-0.05, 0) is 18.8 Å². The Morgan fingerprint density at radius 1 is 1.73 bits per heavy atom. The Morgan fingerprint density at radius 3 is 2.82 bits per heavy atom. The normalized spacial score (nSPS) is 34.3. The third kappa shape index (κ3) is 1.92. The van der Waals surface area contributed by atoms with Crippen molar-refractivity contribution in [2.24, 2.45) is 11.8 Å². The SMILES string of the molecule is [2H]C1(C(C)C)CCC(=C)CC1=O. The average Bonchev–Trinajstić information content (AvgIpc) is 1.97. The van der Waals surface area contributed by atoms with Gasteiger partial charge in [-0.25, -0.2) is 0 Å². The van der Waals surface area contributed by atoms with Crippen molar-refractivity contribution in [2.75, 3.05) is 0 Å². The highest BCUT2D eigenvalue weighted by Crippen LogP contribution is 2.28. The van der Waals surface area contributed by atoms with Crippen molar-refractivity contribution < 1.29 is 6.17 Å². The summed E-state index contributed by atoms with van der Waals surface area (Å²) in [6.07, 6.45) is 1.91. The first-order valence-corrected chi connectivity index (χ1v) is 4.17. The van der Waals surface area contributed by atoms with Gasteiger partial charge in [0.1, 0.15) is 5.78 Å². The average molecular weight is 153 g/mol. The van der Waals surface area contributed by atoms with Crippen molar-refractivity contribution in [1.29, 1.82) is 0 Å². The van der Waals surface area contributed by atoms with Gasteiger partial charge in [-0.1, -0.05) is 26.0 Å². The minimum atomic E-state index is -0.832. The van der Waals surface area contributed by atoms with Crippen LogP contribution in [0.5, 0.6) is 0 Å². The number of allylic oxidation sites excluding steroid dienone is 1. The van der Waals surface area contributed by atoms with Crippen LogP contribution in [0.2, 0.25) is 0 Å². The van der Waals surface area contributed by atoms with Crippen molar-refractivity contribution in [3.05, 3.63) is 12.2 Å². The van der Waals surface area contributed by atoms with E-state index < -0.39 is 5.89 Å². The summed E-state index contributed by atoms with van der Waals surface area (Å²) in [7, 11) is 0. The van der Waals surface area contributed by atoms with Crippen molar-refractivity contribution in [1.82, 2.24) is 0 Å². The van der Waals surface area contributed by atoms with Crippen molar-refractivity contribution in [3.8, 4) is 0 Å². The molecule has 0 radical (unpaired) electrons. The highest BCUT2D eigenvalue weighted by Gasteiger charge is 2.26. The van der Waals surface area contributed by atoms with Crippen LogP contribution in [-0.2, 0) is 4.79 Å². The monoisotopic (exact) mass is 153 g/mol. The number of hydrogen-bond donors (Lipinski definition) is 0. The fourth-order valence-electron chi connectivity index (χ4n) is 1.49. The molecule has 0 saturated heterocycles. The zero-order chi connectivity index (χ0) is 9.35. The molecule has 1 fully saturated rings. The van der Waals surface area contributed by atoms with Crippen LogP contribution in [0.4, 0.5) is 0 Å². The molecule has 1 saturated carbocycles. The van der Waals surface area contributed by atoms with E-state index in [1.807, 2.05) is 13.8 Å². The van der Waals surface area contributed by atoms with Gasteiger partial charge in [0.15, 0.2) is 0 Å². The van der Waals surface area contributed by atoms with Gasteiger partial charge < -0.3 is 0 Å². The fourth-order valence-corrected chi connectivity index (χ4v) is 1.49. The van der Waals surface area contributed by atoms with E-state index in [4.69, 9.17) is 1.37 Å². The molecule has 0 aromatic carbocycles. The van der Waals surface area contributed by atoms with Gasteiger partial charge in [0, 0.05) is 13.7 Å². The van der Waals surface area contributed by atoms with Crippen molar-refractivity contribution in [3.63, 3.8) is 0 Å². The zero-order valence-corrected chi connectivity index (χ0v) is 7.31. The number of Topliss-reactive ketones (excluding diaryl/α,β-unsaturated/α-hetero) is 1. The standard InChI is InChI=1S/C10H16O/c1-7(2)9-5-4-8(3)6-10(9)11/h7,9H,3-6H2,1-2H3/i9D. The van der Waals surface area contributed by atoms with E-state index in [2.05, 4.69) is 6.58 Å². The van der Waals surface area contributed by atoms with Crippen LogP contribution in [0.15, 0.2) is 12.2 Å². The highest BCUT2D eigenvalue weighted by atomic mass is 16.1. The number of carbonyl (C=O) groups is 1. The van der Waals surface area contributed by atoms with Crippen LogP contribution in [0.3, 0.4) is 0 Å². The van der Waals surface area contributed by atoms with Crippen LogP contribution >= 0.6 is 0 Å². The minimum absolute atomic E-state index is 0.0498. The maximum absolute atomic E-state index is 11.5. The Balaban J connectivity index is 2.80. The highest BCUT2D eigenvalue weighted by molar-refractivity contribution is 5.84. The predicted molar refractivity (Wildman–Crippen MR) is 46.3 cm³/mol. The van der Waals surface area contributed by atoms with Crippen LogP contribution in [0, 0.1) is 11.8 Å². The molecule has 1 rings (SSSR count). The van der Waals surface area contributed by atoms with E-state index in [-0.39, 0.29) is 11.7 Å². The molecule has 1 aliphatic rings. The molecule has 0 aromatic rings. The van der Waals surface area contributed by atoms with Crippen LogP contribution in [0.25, 0.3) is 0 Å². The Hall–Kier alpha value is -0.590. The third-order valence-corrected chi connectivity index (χ3v) is 2.21. The van der Waals surface area contributed by atoms with Crippen LogP contribution < -0.4 is 0 Å². The van der Waals surface area contributed by atoms with E-state index in [9.17, 15) is 4.79 Å². The molecular formula is C10H16O. The molecule has 0 aromatic heterocycles. The quantitative estimate of drug-likeness (QED) is 0.529. The first-order chi connectivity index (χ1) is 5.47. The van der Waals surface area contributed by atoms with E-state index in [0.717, 1.165) is 12.0 Å². The molecule has 1 heteroatoms. The number of ketones is 1. The number of hydrogen-bond acceptors (Lipinski definition) is 1. The molecule has 1 nitrogen and oxygen atoms in total. The summed E-state index contributed by atoms with van der Waals surface area (Å²) in [5, 5.41) is 0. The smallest absolute Gasteiger partial charge is 0.140 e. The van der Waals surface area contributed by atoms with Crippen molar-refractivity contribution in [2.45, 2.75) is 33.1 Å². The maximum Gasteiger partial charge on any atom is 0.140 e. The summed E-state index contributed by atoms with van der Waals surface area (Å²) in [6, 6.07) is 0. The Kier molecular flexibility index (Phi) is 2.06. The van der Waals surface area contributed by atoms with Gasteiger partial charge in [-0.2, -0.15) is 0 Å². The van der Waals surface area contributed by atoms with E-state index >= 15 is 0 Å². The summed E-state index contributed by atoms with van der Waals surface area (Å²) >= 11 is 0. The lowest BCUT2D eigenvalue weighted by Crippen LogP contribution is -2.24. The predicted octanol–water partition coefficient (Wildman–Crippen LogP) is 2.57. The molecule has 0 amide bonds. The molecule has 0 heterocycles. The molecule has 62 valence electrons. The number of carbonyl (C=O) groups excluding carboxylic acids is 1. The Labute approximate surface area is 69.9 Å². The van der Waals surface area contributed by atoms with Gasteiger partial charge in [-0.15, -0.1) is 0 Å². The molecule has 1 unspecified atom stereocenters. The topological polar surface area (TPSA) is 17.1 Å². The second-order valence-corrected chi connectivity index (χ2v) is 3.53. The molecule has 0 spiro atoms. The lowest BCUT2D eigenvalue weighted by molar-refractivity contribution is -0.124. The van der Waals surface area contributed by atoms with Crippen molar-refractivity contribution >= 4 is 5.78 Å². The second kappa shape index (κ2) is 3.21. The van der Waals surface area contributed by atoms with Crippen LogP contribution in [-0.4, -0.2) is 5.78 Å². The summed E-state index contributed by atoms with van der Waals surface area (Å²) in [5.74, 6) is -0.659. The van der Waals surface area contributed by atoms with E-state index in [1.54, 1.807) is 0 Å². The second-order valence-electron chi connectivity index (χ2n) is 3.53. The van der Waals surface area contributed by atoms with Crippen LogP contribution in [0.1, 0.15) is 34.5 Å². The van der Waals surface area contributed by atoms with Gasteiger partial charge >= 0.3 is 0 Å². The van der Waals surface area contributed by atoms with E-state index in [0.29, 0.717) is 12.8 Å². The Morgan fingerprint density at radius 2 is 2.36 bits per heavy atom. The summed E-state index contributed by atoms with van der Waals surface area (Å²) in [5.41, 5.74) is 0.989. The summed E-state index contributed by atoms with van der Waals surface area (Å²) in [6.45, 7) is 7.67. The molecule has 11 heavy (non-hydrogen) atoms. The van der Waals surface area contributed by atoms with Gasteiger partial charge in [0.05, 0.1) is 0 Å². The third-order valence-electron chi connectivity index (χ3n) is 2.21. The summed E-state index contributed by atoms with van der Waals surface area (Å²) < 4.78 is 7.98. The van der Waals surface area contributed by atoms with E-state index in [1.165, 1.54) is 0 Å². The molecule has 0 N–H and O–H groups in total. The van der Waals surface area contributed by atoms with Gasteiger partial charge in [0.2, 0.25) is 0 Å². The van der Waals surface area contributed by atoms with Gasteiger partial charge in [0.25, 0.3) is 0 Å². The maximum atomic E-state index is 11.5. The fraction of sp³-hybridized carbons (Fsp3) is 0.700. The lowest BCUT2D eigenvalue weighted by atomic mass is 9.79. The lowest BCUT2D eigenvalue weighted by Gasteiger charge is -2.24. The van der Waals surface area contributed by atoms with Gasteiger partial charge in [-0.3, -0.25) is 4.79 Å².